The van der Waals surface area contributed by atoms with Gasteiger partial charge in [0.05, 0.1) is 11.5 Å². The number of piperidine rings is 1. The molecule has 1 saturated heterocycles. The lowest BCUT2D eigenvalue weighted by molar-refractivity contribution is -0.139. The van der Waals surface area contributed by atoms with E-state index in [2.05, 4.69) is 15.6 Å². The van der Waals surface area contributed by atoms with Gasteiger partial charge >= 0.3 is 6.18 Å². The quantitative estimate of drug-likeness (QED) is 0.789. The van der Waals surface area contributed by atoms with Crippen molar-refractivity contribution in [1.82, 2.24) is 15.6 Å². The molecular formula is C16H21F4N3O2. The van der Waals surface area contributed by atoms with Gasteiger partial charge in [-0.2, -0.15) is 13.2 Å². The van der Waals surface area contributed by atoms with Gasteiger partial charge in [0.1, 0.15) is 18.3 Å². The fourth-order valence-electron chi connectivity index (χ4n) is 2.38. The van der Waals surface area contributed by atoms with Crippen LogP contribution >= 0.6 is 0 Å². The molecule has 2 atom stereocenters. The highest BCUT2D eigenvalue weighted by molar-refractivity contribution is 5.82. The van der Waals surface area contributed by atoms with Crippen molar-refractivity contribution in [2.24, 2.45) is 5.41 Å². The molecule has 9 heteroatoms. The molecule has 0 saturated carbocycles. The van der Waals surface area contributed by atoms with E-state index >= 15 is 0 Å². The highest BCUT2D eigenvalue weighted by atomic mass is 19.4. The number of rotatable bonds is 5. The zero-order chi connectivity index (χ0) is 18.7. The monoisotopic (exact) mass is 363 g/mol. The third-order valence-corrected chi connectivity index (χ3v) is 3.99. The van der Waals surface area contributed by atoms with E-state index in [1.54, 1.807) is 0 Å². The molecule has 1 aromatic heterocycles. The van der Waals surface area contributed by atoms with Crippen LogP contribution in [0.5, 0.6) is 5.88 Å². The summed E-state index contributed by atoms with van der Waals surface area (Å²) in [5, 5.41) is 5.49. The van der Waals surface area contributed by atoms with E-state index in [9.17, 15) is 22.4 Å². The predicted molar refractivity (Wildman–Crippen MR) is 82.8 cm³/mol. The number of carbonyl (C=O) groups excluding carboxylic acids is 1. The van der Waals surface area contributed by atoms with Crippen molar-refractivity contribution in [2.75, 3.05) is 19.7 Å². The smallest absolute Gasteiger partial charge is 0.421 e. The third-order valence-electron chi connectivity index (χ3n) is 3.99. The summed E-state index contributed by atoms with van der Waals surface area (Å²) in [6, 6.07) is 1.40. The van der Waals surface area contributed by atoms with Gasteiger partial charge in [-0.1, -0.05) is 0 Å². The maximum absolute atomic E-state index is 13.8. The van der Waals surface area contributed by atoms with Gasteiger partial charge in [-0.3, -0.25) is 4.79 Å². The number of alkyl halides is 4. The summed E-state index contributed by atoms with van der Waals surface area (Å²) in [7, 11) is 0. The Morgan fingerprint density at radius 1 is 1.44 bits per heavy atom. The van der Waals surface area contributed by atoms with E-state index in [4.69, 9.17) is 4.74 Å². The molecule has 5 nitrogen and oxygen atoms in total. The minimum absolute atomic E-state index is 0.157. The average Bonchev–Trinajstić information content (AvgIpc) is 2.54. The minimum Gasteiger partial charge on any atom is -0.476 e. The molecule has 1 aromatic rings. The van der Waals surface area contributed by atoms with Crippen molar-refractivity contribution in [1.29, 1.82) is 0 Å². The molecule has 2 rings (SSSR count). The molecule has 2 heterocycles. The highest BCUT2D eigenvalue weighted by Crippen LogP contribution is 2.35. The number of nitrogens with zero attached hydrogens (tertiary/aromatic N) is 1. The average molecular weight is 363 g/mol. The Bertz CT molecular complexity index is 607. The van der Waals surface area contributed by atoms with Crippen LogP contribution in [0.1, 0.15) is 25.8 Å². The van der Waals surface area contributed by atoms with Gasteiger partial charge in [0.25, 0.3) is 0 Å². The normalized spacial score (nSPS) is 21.7. The summed E-state index contributed by atoms with van der Waals surface area (Å²) in [6.07, 6.45) is -4.18. The van der Waals surface area contributed by atoms with Crippen LogP contribution < -0.4 is 15.4 Å². The van der Waals surface area contributed by atoms with Gasteiger partial charge in [0.2, 0.25) is 11.8 Å². The Morgan fingerprint density at radius 3 is 2.80 bits per heavy atom. The molecule has 140 valence electrons. The van der Waals surface area contributed by atoms with Crippen molar-refractivity contribution in [2.45, 2.75) is 38.7 Å². The van der Waals surface area contributed by atoms with Crippen molar-refractivity contribution >= 4 is 5.91 Å². The number of ether oxygens (including phenoxy) is 1. The van der Waals surface area contributed by atoms with Gasteiger partial charge in [-0.15, -0.1) is 0 Å². The van der Waals surface area contributed by atoms with Crippen molar-refractivity contribution in [3.8, 4) is 5.88 Å². The van der Waals surface area contributed by atoms with Crippen molar-refractivity contribution in [3.05, 3.63) is 23.9 Å². The van der Waals surface area contributed by atoms with Crippen LogP contribution in [0.25, 0.3) is 0 Å². The first-order valence-corrected chi connectivity index (χ1v) is 7.92. The van der Waals surface area contributed by atoms with E-state index < -0.39 is 41.2 Å². The molecule has 0 radical (unpaired) electrons. The van der Waals surface area contributed by atoms with Crippen LogP contribution in [-0.2, 0) is 11.0 Å². The van der Waals surface area contributed by atoms with Gasteiger partial charge in [-0.25, -0.2) is 9.37 Å². The van der Waals surface area contributed by atoms with Gasteiger partial charge < -0.3 is 15.4 Å². The summed E-state index contributed by atoms with van der Waals surface area (Å²) in [5.41, 5.74) is -2.15. The Hall–Kier alpha value is -1.90. The summed E-state index contributed by atoms with van der Waals surface area (Å²) in [4.78, 5) is 16.0. The molecule has 2 N–H and O–H groups in total. The van der Waals surface area contributed by atoms with Crippen LogP contribution in [0.3, 0.4) is 0 Å². The molecule has 1 aliphatic rings. The minimum atomic E-state index is -4.60. The number of hydrogen-bond donors (Lipinski definition) is 2. The van der Waals surface area contributed by atoms with Crippen molar-refractivity contribution < 1.29 is 27.1 Å². The number of halogens is 4. The van der Waals surface area contributed by atoms with E-state index in [-0.39, 0.29) is 13.2 Å². The van der Waals surface area contributed by atoms with Crippen LogP contribution in [0.4, 0.5) is 17.6 Å². The second-order valence-corrected chi connectivity index (χ2v) is 6.62. The lowest BCUT2D eigenvalue weighted by Gasteiger charge is -2.31. The summed E-state index contributed by atoms with van der Waals surface area (Å²) in [6.45, 7) is 3.47. The Kier molecular flexibility index (Phi) is 5.87. The topological polar surface area (TPSA) is 63.2 Å². The fraction of sp³-hybridized carbons (Fsp3) is 0.625. The lowest BCUT2D eigenvalue weighted by Crippen LogP contribution is -2.54. The lowest BCUT2D eigenvalue weighted by atomic mass is 9.92. The Morgan fingerprint density at radius 2 is 2.16 bits per heavy atom. The molecule has 1 fully saturated rings. The number of aromatic nitrogens is 1. The van der Waals surface area contributed by atoms with Crippen LogP contribution in [0.15, 0.2) is 18.3 Å². The number of hydrogen-bond acceptors (Lipinski definition) is 4. The fourth-order valence-corrected chi connectivity index (χ4v) is 2.38. The van der Waals surface area contributed by atoms with Crippen LogP contribution in [0, 0.1) is 5.41 Å². The zero-order valence-corrected chi connectivity index (χ0v) is 14.0. The van der Waals surface area contributed by atoms with Gasteiger partial charge in [0, 0.05) is 12.7 Å². The number of carbonyl (C=O) groups is 1. The highest BCUT2D eigenvalue weighted by Gasteiger charge is 2.37. The first kappa shape index (κ1) is 19.4. The van der Waals surface area contributed by atoms with E-state index in [0.717, 1.165) is 12.1 Å². The zero-order valence-electron chi connectivity index (χ0n) is 14.0. The second-order valence-electron chi connectivity index (χ2n) is 6.62. The van der Waals surface area contributed by atoms with E-state index in [1.165, 1.54) is 20.0 Å². The molecule has 0 aliphatic carbocycles. The molecule has 1 amide bonds. The van der Waals surface area contributed by atoms with E-state index in [1.807, 2.05) is 0 Å². The largest absolute Gasteiger partial charge is 0.476 e. The Balaban J connectivity index is 2.00. The SMILES string of the molecule is CC(C)(COc1ncccc1C(F)(F)F)C(=O)N[C@H]1CCNC[C@@H]1F. The molecular weight excluding hydrogens is 342 g/mol. The van der Waals surface area contributed by atoms with E-state index in [0.29, 0.717) is 13.0 Å². The summed E-state index contributed by atoms with van der Waals surface area (Å²) in [5.74, 6) is -1.06. The molecule has 0 bridgehead atoms. The number of amides is 1. The maximum atomic E-state index is 13.8. The van der Waals surface area contributed by atoms with Crippen LogP contribution in [-0.4, -0.2) is 42.8 Å². The van der Waals surface area contributed by atoms with Crippen LogP contribution in [0.2, 0.25) is 0 Å². The molecule has 0 unspecified atom stereocenters. The summed E-state index contributed by atoms with van der Waals surface area (Å²) >= 11 is 0. The third kappa shape index (κ3) is 5.04. The predicted octanol–water partition coefficient (Wildman–Crippen LogP) is 2.32. The Labute approximate surface area is 143 Å². The first-order chi connectivity index (χ1) is 11.6. The van der Waals surface area contributed by atoms with Gasteiger partial charge in [-0.05, 0) is 38.9 Å². The summed E-state index contributed by atoms with van der Waals surface area (Å²) < 4.78 is 57.8. The second kappa shape index (κ2) is 7.55. The number of nitrogens with one attached hydrogen (secondary N) is 2. The van der Waals surface area contributed by atoms with Gasteiger partial charge in [0.15, 0.2) is 0 Å². The molecule has 1 aliphatic heterocycles. The molecule has 0 aromatic carbocycles. The van der Waals surface area contributed by atoms with Crippen molar-refractivity contribution in [3.63, 3.8) is 0 Å². The standard InChI is InChI=1S/C16H21F4N3O2/c1-15(2,14(24)23-12-5-7-21-8-11(12)17)9-25-13-10(16(18,19)20)4-3-6-22-13/h3-4,6,11-12,21H,5,7-9H2,1-2H3,(H,23,24)/t11-,12-/m0/s1. The molecule has 0 spiro atoms. The molecule has 25 heavy (non-hydrogen) atoms. The number of pyridine rings is 1. The first-order valence-electron chi connectivity index (χ1n) is 7.92. The maximum Gasteiger partial charge on any atom is 0.421 e.